The average Bonchev–Trinajstić information content (AvgIpc) is 2.61. The fourth-order valence-corrected chi connectivity index (χ4v) is 2.21. The van der Waals surface area contributed by atoms with Gasteiger partial charge in [0, 0.05) is 16.9 Å². The molecule has 3 aromatic rings. The molecule has 1 heterocycles. The van der Waals surface area contributed by atoms with Gasteiger partial charge in [0.2, 0.25) is 0 Å². The molecular weight excluding hydrogens is 348 g/mol. The molecule has 0 aliphatic heterocycles. The number of carbonyl (C=O) groups excluding carboxylic acids is 1. The Labute approximate surface area is 147 Å². The molecule has 0 saturated heterocycles. The van der Waals surface area contributed by atoms with E-state index in [2.05, 4.69) is 15.6 Å². The third kappa shape index (κ3) is 4.10. The highest BCUT2D eigenvalue weighted by molar-refractivity contribution is 6.30. The molecule has 0 bridgehead atoms. The fraction of sp³-hybridized carbons (Fsp3) is 0. The minimum absolute atomic E-state index is 0.215. The third-order valence-corrected chi connectivity index (χ3v) is 3.60. The van der Waals surface area contributed by atoms with Gasteiger partial charge < -0.3 is 10.6 Å². The van der Waals surface area contributed by atoms with Crippen LogP contribution >= 0.6 is 11.6 Å². The number of pyridine rings is 1. The molecule has 0 radical (unpaired) electrons. The van der Waals surface area contributed by atoms with Gasteiger partial charge in [-0.3, -0.25) is 4.79 Å². The van der Waals surface area contributed by atoms with E-state index < -0.39 is 11.6 Å². The Kier molecular flexibility index (Phi) is 4.90. The second kappa shape index (κ2) is 7.27. The summed E-state index contributed by atoms with van der Waals surface area (Å²) in [6.07, 6.45) is 1.31. The van der Waals surface area contributed by atoms with E-state index in [-0.39, 0.29) is 17.4 Å². The molecule has 1 aromatic heterocycles. The largest absolute Gasteiger partial charge is 0.335 e. The van der Waals surface area contributed by atoms with Crippen LogP contribution in [0.25, 0.3) is 0 Å². The number of amides is 1. The van der Waals surface area contributed by atoms with Gasteiger partial charge in [0.25, 0.3) is 5.91 Å². The molecule has 3 rings (SSSR count). The number of carbonyl (C=O) groups is 1. The average molecular weight is 360 g/mol. The zero-order chi connectivity index (χ0) is 17.8. The number of para-hydroxylation sites is 1. The van der Waals surface area contributed by atoms with Crippen LogP contribution in [0.4, 0.5) is 26.0 Å². The molecule has 0 aliphatic rings. The van der Waals surface area contributed by atoms with Crippen molar-refractivity contribution in [3.8, 4) is 0 Å². The van der Waals surface area contributed by atoms with E-state index in [1.54, 1.807) is 24.3 Å². The molecule has 7 heteroatoms. The normalized spacial score (nSPS) is 10.4. The Morgan fingerprint density at radius 2 is 1.64 bits per heavy atom. The summed E-state index contributed by atoms with van der Waals surface area (Å²) in [5.74, 6) is -1.61. The first kappa shape index (κ1) is 16.9. The Morgan fingerprint density at radius 3 is 2.24 bits per heavy atom. The Bertz CT molecular complexity index is 879. The second-order valence-corrected chi connectivity index (χ2v) is 5.55. The fourth-order valence-electron chi connectivity index (χ4n) is 2.08. The Balaban J connectivity index is 1.71. The maximum absolute atomic E-state index is 13.6. The van der Waals surface area contributed by atoms with E-state index >= 15 is 0 Å². The molecule has 0 atom stereocenters. The number of aromatic nitrogens is 1. The highest BCUT2D eigenvalue weighted by atomic mass is 35.5. The summed E-state index contributed by atoms with van der Waals surface area (Å²) in [6, 6.07) is 13.2. The molecule has 0 saturated carbocycles. The smallest absolute Gasteiger partial charge is 0.257 e. The van der Waals surface area contributed by atoms with Crippen molar-refractivity contribution in [2.24, 2.45) is 0 Å². The summed E-state index contributed by atoms with van der Waals surface area (Å²) in [5, 5.41) is 5.82. The van der Waals surface area contributed by atoms with Gasteiger partial charge in [0.1, 0.15) is 23.1 Å². The van der Waals surface area contributed by atoms with Gasteiger partial charge in [-0.05, 0) is 48.5 Å². The Morgan fingerprint density at radius 1 is 0.960 bits per heavy atom. The predicted octanol–water partition coefficient (Wildman–Crippen LogP) is 5.01. The van der Waals surface area contributed by atoms with Crippen molar-refractivity contribution in [2.45, 2.75) is 0 Å². The SMILES string of the molecule is O=C(Nc1ccc(Cl)cc1)c1ccc(Nc2c(F)cccc2F)nc1. The molecule has 2 aromatic carbocycles. The van der Waals surface area contributed by atoms with Crippen molar-refractivity contribution in [3.05, 3.63) is 83.0 Å². The molecule has 25 heavy (non-hydrogen) atoms. The van der Waals surface area contributed by atoms with E-state index in [9.17, 15) is 13.6 Å². The maximum Gasteiger partial charge on any atom is 0.257 e. The van der Waals surface area contributed by atoms with Crippen LogP contribution in [-0.4, -0.2) is 10.9 Å². The summed E-state index contributed by atoms with van der Waals surface area (Å²) in [4.78, 5) is 16.2. The van der Waals surface area contributed by atoms with Crippen LogP contribution in [0.2, 0.25) is 5.02 Å². The third-order valence-electron chi connectivity index (χ3n) is 3.34. The van der Waals surface area contributed by atoms with Gasteiger partial charge in [-0.15, -0.1) is 0 Å². The van der Waals surface area contributed by atoms with Crippen LogP contribution in [0.5, 0.6) is 0 Å². The second-order valence-electron chi connectivity index (χ2n) is 5.11. The number of anilines is 3. The monoisotopic (exact) mass is 359 g/mol. The topological polar surface area (TPSA) is 54.0 Å². The van der Waals surface area contributed by atoms with Gasteiger partial charge in [-0.2, -0.15) is 0 Å². The number of hydrogen-bond acceptors (Lipinski definition) is 3. The minimum Gasteiger partial charge on any atom is -0.335 e. The minimum atomic E-state index is -0.730. The number of nitrogens with zero attached hydrogens (tertiary/aromatic N) is 1. The van der Waals surface area contributed by atoms with Crippen molar-refractivity contribution in [2.75, 3.05) is 10.6 Å². The molecule has 126 valence electrons. The van der Waals surface area contributed by atoms with E-state index in [0.29, 0.717) is 16.3 Å². The number of benzene rings is 2. The summed E-state index contributed by atoms with van der Waals surface area (Å²) >= 11 is 5.79. The van der Waals surface area contributed by atoms with Crippen LogP contribution in [0.1, 0.15) is 10.4 Å². The lowest BCUT2D eigenvalue weighted by Crippen LogP contribution is -2.12. The van der Waals surface area contributed by atoms with Crippen molar-refractivity contribution in [1.82, 2.24) is 4.98 Å². The molecule has 0 aliphatic carbocycles. The number of hydrogen-bond donors (Lipinski definition) is 2. The van der Waals surface area contributed by atoms with Crippen LogP contribution in [-0.2, 0) is 0 Å². The van der Waals surface area contributed by atoms with E-state index in [1.807, 2.05) is 0 Å². The summed E-state index contributed by atoms with van der Waals surface area (Å²) in [6.45, 7) is 0. The zero-order valence-corrected chi connectivity index (χ0v) is 13.5. The summed E-state index contributed by atoms with van der Waals surface area (Å²) in [5.41, 5.74) is 0.591. The summed E-state index contributed by atoms with van der Waals surface area (Å²) in [7, 11) is 0. The van der Waals surface area contributed by atoms with Crippen LogP contribution in [0.15, 0.2) is 60.8 Å². The first-order chi connectivity index (χ1) is 12.0. The Hall–Kier alpha value is -2.99. The molecule has 0 fully saturated rings. The molecule has 2 N–H and O–H groups in total. The summed E-state index contributed by atoms with van der Waals surface area (Å²) < 4.78 is 27.2. The van der Waals surface area contributed by atoms with E-state index in [4.69, 9.17) is 11.6 Å². The van der Waals surface area contributed by atoms with Crippen LogP contribution < -0.4 is 10.6 Å². The van der Waals surface area contributed by atoms with E-state index in [1.165, 1.54) is 24.4 Å². The van der Waals surface area contributed by atoms with Crippen molar-refractivity contribution >= 4 is 34.7 Å². The first-order valence-electron chi connectivity index (χ1n) is 7.27. The van der Waals surface area contributed by atoms with Gasteiger partial charge >= 0.3 is 0 Å². The van der Waals surface area contributed by atoms with Crippen molar-refractivity contribution in [1.29, 1.82) is 0 Å². The van der Waals surface area contributed by atoms with Crippen LogP contribution in [0.3, 0.4) is 0 Å². The quantitative estimate of drug-likeness (QED) is 0.688. The molecule has 4 nitrogen and oxygen atoms in total. The first-order valence-corrected chi connectivity index (χ1v) is 7.65. The van der Waals surface area contributed by atoms with E-state index in [0.717, 1.165) is 12.1 Å². The van der Waals surface area contributed by atoms with Gasteiger partial charge in [0.15, 0.2) is 0 Å². The van der Waals surface area contributed by atoms with Gasteiger partial charge in [-0.25, -0.2) is 13.8 Å². The lowest BCUT2D eigenvalue weighted by Gasteiger charge is -2.09. The molecule has 0 spiro atoms. The van der Waals surface area contributed by atoms with Gasteiger partial charge in [0.05, 0.1) is 5.56 Å². The van der Waals surface area contributed by atoms with Gasteiger partial charge in [-0.1, -0.05) is 17.7 Å². The predicted molar refractivity (Wildman–Crippen MR) is 93.3 cm³/mol. The number of halogens is 3. The highest BCUT2D eigenvalue weighted by Gasteiger charge is 2.10. The standard InChI is InChI=1S/C18H12ClF2N3O/c19-12-5-7-13(8-6-12)23-18(25)11-4-9-16(22-10-11)24-17-14(20)2-1-3-15(17)21/h1-10H,(H,22,24)(H,23,25). The highest BCUT2D eigenvalue weighted by Crippen LogP contribution is 2.22. The lowest BCUT2D eigenvalue weighted by atomic mass is 10.2. The van der Waals surface area contributed by atoms with Crippen molar-refractivity contribution < 1.29 is 13.6 Å². The number of rotatable bonds is 4. The number of nitrogens with one attached hydrogen (secondary N) is 2. The molecule has 1 amide bonds. The van der Waals surface area contributed by atoms with Crippen LogP contribution in [0, 0.1) is 11.6 Å². The maximum atomic E-state index is 13.6. The lowest BCUT2D eigenvalue weighted by molar-refractivity contribution is 0.102. The van der Waals surface area contributed by atoms with Crippen molar-refractivity contribution in [3.63, 3.8) is 0 Å². The molecule has 0 unspecified atom stereocenters. The molecular formula is C18H12ClF2N3O. The zero-order valence-electron chi connectivity index (χ0n) is 12.8.